The van der Waals surface area contributed by atoms with E-state index in [1.165, 1.54) is 12.5 Å². The third-order valence-corrected chi connectivity index (χ3v) is 4.80. The second-order valence-electron chi connectivity index (χ2n) is 6.27. The maximum Gasteiger partial charge on any atom is 0.336 e. The fourth-order valence-corrected chi connectivity index (χ4v) is 3.50. The number of fused-ring (bicyclic) bond motifs is 1. The molecule has 0 N–H and O–H groups in total. The Balaban J connectivity index is 1.91. The van der Waals surface area contributed by atoms with Gasteiger partial charge < -0.3 is 14.1 Å². The van der Waals surface area contributed by atoms with Crippen molar-refractivity contribution in [3.63, 3.8) is 0 Å². The van der Waals surface area contributed by atoms with Crippen LogP contribution in [0.15, 0.2) is 33.5 Å². The number of ether oxygens (including phenoxy) is 1. The van der Waals surface area contributed by atoms with E-state index in [1.54, 1.807) is 13.2 Å². The molecule has 128 valence electrons. The number of hydrogen-bond donors (Lipinski definition) is 0. The summed E-state index contributed by atoms with van der Waals surface area (Å²) in [6.45, 7) is 2.93. The first-order chi connectivity index (χ1) is 11.6. The summed E-state index contributed by atoms with van der Waals surface area (Å²) >= 11 is 0. The molecular formula is C19H23NO4. The Morgan fingerprint density at radius 1 is 1.33 bits per heavy atom. The molecule has 1 unspecified atom stereocenters. The van der Waals surface area contributed by atoms with Crippen molar-refractivity contribution in [3.05, 3.63) is 40.2 Å². The van der Waals surface area contributed by atoms with Gasteiger partial charge in [-0.2, -0.15) is 0 Å². The first-order valence-electron chi connectivity index (χ1n) is 8.52. The first-order valence-corrected chi connectivity index (χ1v) is 8.52. The van der Waals surface area contributed by atoms with Gasteiger partial charge in [0.05, 0.1) is 13.5 Å². The van der Waals surface area contributed by atoms with Gasteiger partial charge in [0.2, 0.25) is 5.91 Å². The molecule has 1 aliphatic heterocycles. The molecule has 1 amide bonds. The van der Waals surface area contributed by atoms with Crippen LogP contribution in [-0.2, 0) is 11.2 Å². The van der Waals surface area contributed by atoms with Crippen molar-refractivity contribution < 1.29 is 13.9 Å². The number of piperidine rings is 1. The number of methoxy groups -OCH3 is 1. The van der Waals surface area contributed by atoms with Crippen molar-refractivity contribution >= 4 is 16.9 Å². The van der Waals surface area contributed by atoms with E-state index in [1.807, 2.05) is 17.0 Å². The van der Waals surface area contributed by atoms with E-state index in [9.17, 15) is 9.59 Å². The molecular weight excluding hydrogens is 306 g/mol. The minimum absolute atomic E-state index is 0.0873. The van der Waals surface area contributed by atoms with Gasteiger partial charge in [0.25, 0.3) is 0 Å². The van der Waals surface area contributed by atoms with Gasteiger partial charge in [-0.05, 0) is 43.4 Å². The van der Waals surface area contributed by atoms with Crippen molar-refractivity contribution in [2.75, 3.05) is 13.7 Å². The standard InChI is InChI=1S/C19H23NO4/c1-3-14-6-4-5-9-20(14)18(21)10-13-11-19(22)24-17-12-15(23-2)7-8-16(13)17/h7-8,11-12,14H,3-6,9-10H2,1-2H3. The fraction of sp³-hybridized carbons (Fsp3) is 0.474. The van der Waals surface area contributed by atoms with Crippen LogP contribution in [0.2, 0.25) is 0 Å². The molecule has 0 spiro atoms. The number of rotatable bonds is 4. The monoisotopic (exact) mass is 329 g/mol. The van der Waals surface area contributed by atoms with Gasteiger partial charge in [-0.1, -0.05) is 6.92 Å². The highest BCUT2D eigenvalue weighted by Gasteiger charge is 2.25. The van der Waals surface area contributed by atoms with Crippen molar-refractivity contribution in [2.24, 2.45) is 0 Å². The molecule has 5 nitrogen and oxygen atoms in total. The second-order valence-corrected chi connectivity index (χ2v) is 6.27. The zero-order valence-electron chi connectivity index (χ0n) is 14.2. The topological polar surface area (TPSA) is 59.8 Å². The number of nitrogens with zero attached hydrogens (tertiary/aromatic N) is 1. The van der Waals surface area contributed by atoms with Crippen LogP contribution < -0.4 is 10.4 Å². The number of amides is 1. The Kier molecular flexibility index (Phi) is 4.88. The predicted octanol–water partition coefficient (Wildman–Crippen LogP) is 3.14. The van der Waals surface area contributed by atoms with Gasteiger partial charge in [0.1, 0.15) is 11.3 Å². The number of carbonyl (C=O) groups excluding carboxylic acids is 1. The van der Waals surface area contributed by atoms with Crippen LogP contribution in [0.5, 0.6) is 5.75 Å². The van der Waals surface area contributed by atoms with Crippen molar-refractivity contribution in [3.8, 4) is 5.75 Å². The Labute approximate surface area is 141 Å². The van der Waals surface area contributed by atoms with E-state index in [-0.39, 0.29) is 12.3 Å². The summed E-state index contributed by atoms with van der Waals surface area (Å²) in [7, 11) is 1.56. The van der Waals surface area contributed by atoms with E-state index in [2.05, 4.69) is 6.92 Å². The molecule has 1 aromatic heterocycles. The lowest BCUT2D eigenvalue weighted by Gasteiger charge is -2.35. The maximum atomic E-state index is 12.8. The number of likely N-dealkylation sites (tertiary alicyclic amines) is 1. The molecule has 0 saturated carbocycles. The van der Waals surface area contributed by atoms with Crippen LogP contribution in [0.3, 0.4) is 0 Å². The van der Waals surface area contributed by atoms with Crippen LogP contribution in [0, 0.1) is 0 Å². The van der Waals surface area contributed by atoms with Crippen LogP contribution in [0.4, 0.5) is 0 Å². The van der Waals surface area contributed by atoms with Crippen molar-refractivity contribution in [1.29, 1.82) is 0 Å². The van der Waals surface area contributed by atoms with E-state index in [0.717, 1.165) is 31.2 Å². The number of carbonyl (C=O) groups is 1. The molecule has 3 rings (SSSR count). The van der Waals surface area contributed by atoms with Crippen LogP contribution in [0.1, 0.15) is 38.2 Å². The van der Waals surface area contributed by atoms with Gasteiger partial charge in [-0.3, -0.25) is 4.79 Å². The van der Waals surface area contributed by atoms with E-state index in [0.29, 0.717) is 22.9 Å². The Hall–Kier alpha value is -2.30. The highest BCUT2D eigenvalue weighted by Crippen LogP contribution is 2.25. The van der Waals surface area contributed by atoms with Gasteiger partial charge in [-0.25, -0.2) is 4.79 Å². The molecule has 0 radical (unpaired) electrons. The lowest BCUT2D eigenvalue weighted by molar-refractivity contribution is -0.134. The molecule has 24 heavy (non-hydrogen) atoms. The molecule has 1 saturated heterocycles. The third-order valence-electron chi connectivity index (χ3n) is 4.80. The summed E-state index contributed by atoms with van der Waals surface area (Å²) in [6.07, 6.45) is 4.50. The lowest BCUT2D eigenvalue weighted by atomic mass is 9.98. The van der Waals surface area contributed by atoms with Gasteiger partial charge in [-0.15, -0.1) is 0 Å². The molecule has 0 bridgehead atoms. The highest BCUT2D eigenvalue weighted by atomic mass is 16.5. The molecule has 1 aromatic carbocycles. The second kappa shape index (κ2) is 7.07. The summed E-state index contributed by atoms with van der Waals surface area (Å²) in [4.78, 5) is 26.6. The fourth-order valence-electron chi connectivity index (χ4n) is 3.50. The van der Waals surface area contributed by atoms with Crippen LogP contribution in [0.25, 0.3) is 11.0 Å². The van der Waals surface area contributed by atoms with Crippen molar-refractivity contribution in [1.82, 2.24) is 4.90 Å². The molecule has 0 aliphatic carbocycles. The summed E-state index contributed by atoms with van der Waals surface area (Å²) in [5.41, 5.74) is 0.730. The average molecular weight is 329 g/mol. The van der Waals surface area contributed by atoms with Crippen molar-refractivity contribution in [2.45, 2.75) is 45.1 Å². The zero-order chi connectivity index (χ0) is 17.1. The third kappa shape index (κ3) is 3.30. The summed E-state index contributed by atoms with van der Waals surface area (Å²) in [5.74, 6) is 0.709. The number of benzene rings is 1. The Morgan fingerprint density at radius 3 is 2.92 bits per heavy atom. The summed E-state index contributed by atoms with van der Waals surface area (Å²) in [5, 5.41) is 0.786. The zero-order valence-corrected chi connectivity index (χ0v) is 14.2. The van der Waals surface area contributed by atoms with Gasteiger partial charge >= 0.3 is 5.63 Å². The highest BCUT2D eigenvalue weighted by molar-refractivity contribution is 5.88. The largest absolute Gasteiger partial charge is 0.497 e. The molecule has 1 fully saturated rings. The smallest absolute Gasteiger partial charge is 0.336 e. The van der Waals surface area contributed by atoms with E-state index >= 15 is 0 Å². The van der Waals surface area contributed by atoms with Crippen LogP contribution in [-0.4, -0.2) is 30.5 Å². The summed E-state index contributed by atoms with van der Waals surface area (Å²) in [6, 6.07) is 7.08. The van der Waals surface area contributed by atoms with E-state index in [4.69, 9.17) is 9.15 Å². The molecule has 1 atom stereocenters. The quantitative estimate of drug-likeness (QED) is 0.809. The van der Waals surface area contributed by atoms with Gasteiger partial charge in [0.15, 0.2) is 0 Å². The average Bonchev–Trinajstić information content (AvgIpc) is 2.60. The lowest BCUT2D eigenvalue weighted by Crippen LogP contribution is -2.44. The molecule has 5 heteroatoms. The molecule has 2 aromatic rings. The minimum atomic E-state index is -0.441. The Morgan fingerprint density at radius 2 is 2.17 bits per heavy atom. The Bertz CT molecular complexity index is 796. The molecule has 2 heterocycles. The van der Waals surface area contributed by atoms with Gasteiger partial charge in [0, 0.05) is 30.1 Å². The SMILES string of the molecule is CCC1CCCCN1C(=O)Cc1cc(=O)oc2cc(OC)ccc12. The maximum absolute atomic E-state index is 12.8. The molecule has 1 aliphatic rings. The summed E-state index contributed by atoms with van der Waals surface area (Å²) < 4.78 is 10.4. The number of hydrogen-bond acceptors (Lipinski definition) is 4. The minimum Gasteiger partial charge on any atom is -0.497 e. The normalized spacial score (nSPS) is 17.9. The van der Waals surface area contributed by atoms with E-state index < -0.39 is 5.63 Å². The first kappa shape index (κ1) is 16.6. The van der Waals surface area contributed by atoms with Crippen LogP contribution >= 0.6 is 0 Å². The predicted molar refractivity (Wildman–Crippen MR) is 92.4 cm³/mol.